The molecule has 1 aromatic rings. The Morgan fingerprint density at radius 3 is 2.57 bits per heavy atom. The van der Waals surface area contributed by atoms with E-state index in [-0.39, 0.29) is 12.4 Å². The smallest absolute Gasteiger partial charge is 0.216 e. The monoisotopic (exact) mass is 312 g/mol. The third-order valence-electron chi connectivity index (χ3n) is 3.85. The van der Waals surface area contributed by atoms with E-state index < -0.39 is 10.0 Å². The molecule has 1 aliphatic heterocycles. The largest absolute Gasteiger partial charge is 0.384 e. The van der Waals surface area contributed by atoms with Crippen LogP contribution in [0.25, 0.3) is 0 Å². The standard InChI is InChI=1S/C15H24N2O3S/c1-16(21(18,19)12-11-20-2)13-14-7-3-4-8-15(14)17-9-5-6-10-17/h3-4,7-8H,5-6,9-13H2,1-2H3. The summed E-state index contributed by atoms with van der Waals surface area (Å²) in [5.74, 6) is 0.0197. The zero-order chi connectivity index (χ0) is 15.3. The molecular formula is C15H24N2O3S. The van der Waals surface area contributed by atoms with Crippen molar-refractivity contribution in [3.8, 4) is 0 Å². The third-order valence-corrected chi connectivity index (χ3v) is 5.61. The Hall–Kier alpha value is -1.11. The minimum absolute atomic E-state index is 0.0197. The molecule has 1 aliphatic rings. The van der Waals surface area contributed by atoms with Crippen LogP contribution in [0.5, 0.6) is 0 Å². The van der Waals surface area contributed by atoms with Gasteiger partial charge in [-0.05, 0) is 24.5 Å². The molecular weight excluding hydrogens is 288 g/mol. The van der Waals surface area contributed by atoms with Gasteiger partial charge in [-0.15, -0.1) is 0 Å². The molecule has 1 fully saturated rings. The highest BCUT2D eigenvalue weighted by Gasteiger charge is 2.21. The Kier molecular flexibility index (Phi) is 5.61. The number of benzene rings is 1. The SMILES string of the molecule is COCCS(=O)(=O)N(C)Cc1ccccc1N1CCCC1. The minimum atomic E-state index is -3.27. The van der Waals surface area contributed by atoms with Crippen molar-refractivity contribution in [3.63, 3.8) is 0 Å². The number of para-hydroxylation sites is 1. The molecule has 1 saturated heterocycles. The molecule has 0 bridgehead atoms. The first-order chi connectivity index (χ1) is 10.0. The average Bonchev–Trinajstić information content (AvgIpc) is 2.99. The molecule has 6 heteroatoms. The molecule has 0 atom stereocenters. The summed E-state index contributed by atoms with van der Waals surface area (Å²) in [6.07, 6.45) is 2.41. The fourth-order valence-electron chi connectivity index (χ4n) is 2.59. The molecule has 5 nitrogen and oxygen atoms in total. The summed E-state index contributed by atoms with van der Waals surface area (Å²) >= 11 is 0. The fourth-order valence-corrected chi connectivity index (χ4v) is 3.62. The number of methoxy groups -OCH3 is 1. The van der Waals surface area contributed by atoms with Crippen LogP contribution in [-0.4, -0.2) is 52.3 Å². The van der Waals surface area contributed by atoms with Crippen LogP contribution in [0.15, 0.2) is 24.3 Å². The molecule has 0 saturated carbocycles. The Bertz CT molecular complexity index is 554. The van der Waals surface area contributed by atoms with Crippen molar-refractivity contribution in [2.75, 3.05) is 44.5 Å². The van der Waals surface area contributed by atoms with Crippen LogP contribution in [-0.2, 0) is 21.3 Å². The summed E-state index contributed by atoms with van der Waals surface area (Å²) < 4.78 is 30.6. The van der Waals surface area contributed by atoms with Gasteiger partial charge in [0.1, 0.15) is 0 Å². The van der Waals surface area contributed by atoms with Crippen LogP contribution in [0.3, 0.4) is 0 Å². The van der Waals surface area contributed by atoms with Crippen LogP contribution in [0.1, 0.15) is 18.4 Å². The van der Waals surface area contributed by atoms with Gasteiger partial charge in [0.2, 0.25) is 10.0 Å². The van der Waals surface area contributed by atoms with Crippen LogP contribution >= 0.6 is 0 Å². The zero-order valence-corrected chi connectivity index (χ0v) is 13.6. The van der Waals surface area contributed by atoms with Crippen LogP contribution < -0.4 is 4.90 Å². The maximum Gasteiger partial charge on any atom is 0.216 e. The molecule has 0 unspecified atom stereocenters. The second-order valence-corrected chi connectivity index (χ2v) is 7.58. The molecule has 21 heavy (non-hydrogen) atoms. The highest BCUT2D eigenvalue weighted by Crippen LogP contribution is 2.25. The topological polar surface area (TPSA) is 49.9 Å². The lowest BCUT2D eigenvalue weighted by atomic mass is 10.1. The van der Waals surface area contributed by atoms with E-state index in [1.165, 1.54) is 24.3 Å². The van der Waals surface area contributed by atoms with Gasteiger partial charge in [-0.3, -0.25) is 0 Å². The molecule has 0 amide bonds. The van der Waals surface area contributed by atoms with E-state index in [1.807, 2.05) is 18.2 Å². The number of sulfonamides is 1. The number of rotatable bonds is 7. The Morgan fingerprint density at radius 1 is 1.24 bits per heavy atom. The van der Waals surface area contributed by atoms with Gasteiger partial charge in [0.25, 0.3) is 0 Å². The summed E-state index contributed by atoms with van der Waals surface area (Å²) in [5, 5.41) is 0. The van der Waals surface area contributed by atoms with Crippen molar-refractivity contribution in [1.82, 2.24) is 4.31 Å². The van der Waals surface area contributed by atoms with Gasteiger partial charge < -0.3 is 9.64 Å². The van der Waals surface area contributed by atoms with E-state index in [1.54, 1.807) is 7.05 Å². The summed E-state index contributed by atoms with van der Waals surface area (Å²) in [5.41, 5.74) is 2.21. The normalized spacial score (nSPS) is 15.9. The summed E-state index contributed by atoms with van der Waals surface area (Å²) in [7, 11) is -0.128. The van der Waals surface area contributed by atoms with Gasteiger partial charge in [-0.1, -0.05) is 18.2 Å². The summed E-state index contributed by atoms with van der Waals surface area (Å²) in [4.78, 5) is 2.34. The van der Waals surface area contributed by atoms with Gasteiger partial charge in [0.05, 0.1) is 12.4 Å². The van der Waals surface area contributed by atoms with Crippen molar-refractivity contribution < 1.29 is 13.2 Å². The lowest BCUT2D eigenvalue weighted by Gasteiger charge is -2.24. The average molecular weight is 312 g/mol. The van der Waals surface area contributed by atoms with Gasteiger partial charge in [0.15, 0.2) is 0 Å². The molecule has 0 aromatic heterocycles. The molecule has 2 rings (SSSR count). The summed E-state index contributed by atoms with van der Waals surface area (Å²) in [6, 6.07) is 8.06. The number of hydrogen-bond donors (Lipinski definition) is 0. The van der Waals surface area contributed by atoms with Crippen molar-refractivity contribution in [2.24, 2.45) is 0 Å². The molecule has 1 aromatic carbocycles. The molecule has 0 aliphatic carbocycles. The lowest BCUT2D eigenvalue weighted by Crippen LogP contribution is -2.31. The molecule has 0 radical (unpaired) electrons. The minimum Gasteiger partial charge on any atom is -0.384 e. The quantitative estimate of drug-likeness (QED) is 0.769. The van der Waals surface area contributed by atoms with Crippen molar-refractivity contribution >= 4 is 15.7 Å². The molecule has 0 N–H and O–H groups in total. The number of hydrogen-bond acceptors (Lipinski definition) is 4. The van der Waals surface area contributed by atoms with Crippen molar-refractivity contribution in [3.05, 3.63) is 29.8 Å². The van der Waals surface area contributed by atoms with E-state index in [0.29, 0.717) is 6.54 Å². The van der Waals surface area contributed by atoms with E-state index in [0.717, 1.165) is 24.3 Å². The van der Waals surface area contributed by atoms with Gasteiger partial charge in [0, 0.05) is 39.5 Å². The number of anilines is 1. The molecule has 118 valence electrons. The molecule has 1 heterocycles. The Balaban J connectivity index is 2.12. The first-order valence-corrected chi connectivity index (χ1v) is 8.91. The number of nitrogens with zero attached hydrogens (tertiary/aromatic N) is 2. The van der Waals surface area contributed by atoms with Crippen molar-refractivity contribution in [1.29, 1.82) is 0 Å². The van der Waals surface area contributed by atoms with Gasteiger partial charge >= 0.3 is 0 Å². The van der Waals surface area contributed by atoms with Gasteiger partial charge in [-0.25, -0.2) is 12.7 Å². The van der Waals surface area contributed by atoms with E-state index in [2.05, 4.69) is 11.0 Å². The number of ether oxygens (including phenoxy) is 1. The van der Waals surface area contributed by atoms with E-state index in [9.17, 15) is 8.42 Å². The van der Waals surface area contributed by atoms with Crippen LogP contribution in [0.2, 0.25) is 0 Å². The third kappa shape index (κ3) is 4.18. The highest BCUT2D eigenvalue weighted by atomic mass is 32.2. The zero-order valence-electron chi connectivity index (χ0n) is 12.8. The fraction of sp³-hybridized carbons (Fsp3) is 0.600. The van der Waals surface area contributed by atoms with Crippen LogP contribution in [0.4, 0.5) is 5.69 Å². The highest BCUT2D eigenvalue weighted by molar-refractivity contribution is 7.89. The Labute approximate surface area is 127 Å². The van der Waals surface area contributed by atoms with E-state index >= 15 is 0 Å². The van der Waals surface area contributed by atoms with Gasteiger partial charge in [-0.2, -0.15) is 0 Å². The predicted octanol–water partition coefficient (Wildman–Crippen LogP) is 1.69. The second-order valence-electron chi connectivity index (χ2n) is 5.39. The van der Waals surface area contributed by atoms with Crippen LogP contribution in [0, 0.1) is 0 Å². The van der Waals surface area contributed by atoms with E-state index in [4.69, 9.17) is 4.74 Å². The summed E-state index contributed by atoms with van der Waals surface area (Å²) in [6.45, 7) is 2.73. The first-order valence-electron chi connectivity index (χ1n) is 7.30. The second kappa shape index (κ2) is 7.24. The maximum atomic E-state index is 12.2. The maximum absolute atomic E-state index is 12.2. The lowest BCUT2D eigenvalue weighted by molar-refractivity contribution is 0.215. The predicted molar refractivity (Wildman–Crippen MR) is 85.0 cm³/mol. The molecule has 0 spiro atoms. The van der Waals surface area contributed by atoms with Crippen molar-refractivity contribution in [2.45, 2.75) is 19.4 Å². The first kappa shape index (κ1) is 16.3. The Morgan fingerprint density at radius 2 is 1.90 bits per heavy atom.